The van der Waals surface area contributed by atoms with Crippen LogP contribution < -0.4 is 5.32 Å². The van der Waals surface area contributed by atoms with Gasteiger partial charge in [0.05, 0.1) is 6.61 Å². The van der Waals surface area contributed by atoms with Crippen molar-refractivity contribution in [2.75, 3.05) is 32.1 Å². The van der Waals surface area contributed by atoms with Crippen LogP contribution in [0.5, 0.6) is 0 Å². The summed E-state index contributed by atoms with van der Waals surface area (Å²) in [6.07, 6.45) is 0. The Labute approximate surface area is 110 Å². The fraction of sp³-hybridized carbons (Fsp3) is 0.500. The second-order valence-electron chi connectivity index (χ2n) is 3.23. The number of nitrogens with one attached hydrogen (secondary N) is 1. The van der Waals surface area contributed by atoms with Crippen molar-refractivity contribution in [1.29, 1.82) is 0 Å². The lowest BCUT2D eigenvalue weighted by Gasteiger charge is -2.06. The Kier molecular flexibility index (Phi) is 7.93. The molecule has 1 rings (SSSR count). The summed E-state index contributed by atoms with van der Waals surface area (Å²) in [5, 5.41) is 3.35. The van der Waals surface area contributed by atoms with E-state index in [0.29, 0.717) is 0 Å². The highest BCUT2D eigenvalue weighted by Crippen LogP contribution is 2.26. The molecule has 90 valence electrons. The fourth-order valence-corrected chi connectivity index (χ4v) is 2.68. The van der Waals surface area contributed by atoms with E-state index in [-0.39, 0.29) is 0 Å². The minimum absolute atomic E-state index is 0.799. The molecule has 4 heteroatoms. The summed E-state index contributed by atoms with van der Waals surface area (Å²) in [6, 6.07) is 8.31. The topological polar surface area (TPSA) is 21.3 Å². The summed E-state index contributed by atoms with van der Waals surface area (Å²) in [5.74, 6) is 1.08. The van der Waals surface area contributed by atoms with Crippen molar-refractivity contribution in [2.45, 2.75) is 11.8 Å². The third-order valence-electron chi connectivity index (χ3n) is 2.00. The van der Waals surface area contributed by atoms with Gasteiger partial charge in [-0.25, -0.2) is 0 Å². The van der Waals surface area contributed by atoms with E-state index in [1.54, 1.807) is 0 Å². The predicted molar refractivity (Wildman–Crippen MR) is 74.2 cm³/mol. The van der Waals surface area contributed by atoms with Gasteiger partial charge in [0.2, 0.25) is 0 Å². The molecule has 0 aliphatic carbocycles. The molecular formula is C12H18BrNOS. The van der Waals surface area contributed by atoms with Crippen LogP contribution in [0.4, 0.5) is 0 Å². The Morgan fingerprint density at radius 3 is 2.88 bits per heavy atom. The molecule has 0 saturated heterocycles. The molecule has 0 amide bonds. The Balaban J connectivity index is 2.05. The second kappa shape index (κ2) is 9.05. The lowest BCUT2D eigenvalue weighted by molar-refractivity contribution is 0.150. The smallest absolute Gasteiger partial charge is 0.0590 e. The van der Waals surface area contributed by atoms with Crippen LogP contribution in [0.2, 0.25) is 0 Å². The first-order chi connectivity index (χ1) is 7.84. The number of hydrogen-bond donors (Lipinski definition) is 1. The molecule has 0 spiro atoms. The summed E-state index contributed by atoms with van der Waals surface area (Å²) >= 11 is 5.40. The zero-order valence-electron chi connectivity index (χ0n) is 9.54. The SMILES string of the molecule is CCOCCNCCSc1ccccc1Br. The summed E-state index contributed by atoms with van der Waals surface area (Å²) in [6.45, 7) is 5.57. The van der Waals surface area contributed by atoms with Gasteiger partial charge in [-0.2, -0.15) is 0 Å². The van der Waals surface area contributed by atoms with E-state index in [1.807, 2.05) is 24.8 Å². The number of halogens is 1. The first-order valence-corrected chi connectivity index (χ1v) is 7.28. The molecule has 0 aliphatic heterocycles. The van der Waals surface area contributed by atoms with Crippen LogP contribution in [0.15, 0.2) is 33.6 Å². The van der Waals surface area contributed by atoms with Gasteiger partial charge in [0.15, 0.2) is 0 Å². The van der Waals surface area contributed by atoms with Gasteiger partial charge in [-0.15, -0.1) is 11.8 Å². The molecule has 0 aliphatic rings. The third-order valence-corrected chi connectivity index (χ3v) is 4.03. The van der Waals surface area contributed by atoms with Crippen molar-refractivity contribution in [3.8, 4) is 0 Å². The van der Waals surface area contributed by atoms with Gasteiger partial charge >= 0.3 is 0 Å². The van der Waals surface area contributed by atoms with Crippen LogP contribution in [-0.2, 0) is 4.74 Å². The van der Waals surface area contributed by atoms with Crippen molar-refractivity contribution >= 4 is 27.7 Å². The van der Waals surface area contributed by atoms with E-state index in [2.05, 4.69) is 39.4 Å². The summed E-state index contributed by atoms with van der Waals surface area (Å²) in [4.78, 5) is 1.30. The maximum atomic E-state index is 5.24. The highest BCUT2D eigenvalue weighted by atomic mass is 79.9. The van der Waals surface area contributed by atoms with Crippen LogP contribution in [0.1, 0.15) is 6.92 Å². The van der Waals surface area contributed by atoms with E-state index in [4.69, 9.17) is 4.74 Å². The fourth-order valence-electron chi connectivity index (χ4n) is 1.21. The van der Waals surface area contributed by atoms with Crippen molar-refractivity contribution in [3.63, 3.8) is 0 Å². The van der Waals surface area contributed by atoms with E-state index in [0.717, 1.165) is 32.1 Å². The van der Waals surface area contributed by atoms with Gasteiger partial charge in [0, 0.05) is 34.8 Å². The quantitative estimate of drug-likeness (QED) is 0.589. The van der Waals surface area contributed by atoms with E-state index >= 15 is 0 Å². The van der Waals surface area contributed by atoms with Crippen LogP contribution in [0, 0.1) is 0 Å². The van der Waals surface area contributed by atoms with Gasteiger partial charge in [-0.05, 0) is 35.0 Å². The minimum atomic E-state index is 0.799. The van der Waals surface area contributed by atoms with Crippen molar-refractivity contribution in [1.82, 2.24) is 5.32 Å². The number of rotatable bonds is 8. The zero-order chi connectivity index (χ0) is 11.6. The lowest BCUT2D eigenvalue weighted by Crippen LogP contribution is -2.22. The molecule has 0 bridgehead atoms. The third kappa shape index (κ3) is 5.89. The molecule has 0 fully saturated rings. The molecule has 1 aromatic rings. The number of benzene rings is 1. The summed E-state index contributed by atoms with van der Waals surface area (Å²) in [5.41, 5.74) is 0. The number of hydrogen-bond acceptors (Lipinski definition) is 3. The monoisotopic (exact) mass is 303 g/mol. The first kappa shape index (κ1) is 14.0. The minimum Gasteiger partial charge on any atom is -0.380 e. The maximum absolute atomic E-state index is 5.24. The standard InChI is InChI=1S/C12H18BrNOS/c1-2-15-9-7-14-8-10-16-12-6-4-3-5-11(12)13/h3-6,14H,2,7-10H2,1H3. The molecule has 1 N–H and O–H groups in total. The summed E-state index contributed by atoms with van der Waals surface area (Å²) < 4.78 is 6.42. The van der Waals surface area contributed by atoms with Gasteiger partial charge in [0.1, 0.15) is 0 Å². The predicted octanol–water partition coefficient (Wildman–Crippen LogP) is 3.17. The molecule has 0 aromatic heterocycles. The molecule has 0 atom stereocenters. The molecule has 16 heavy (non-hydrogen) atoms. The Morgan fingerprint density at radius 2 is 2.12 bits per heavy atom. The van der Waals surface area contributed by atoms with E-state index < -0.39 is 0 Å². The zero-order valence-corrected chi connectivity index (χ0v) is 11.9. The molecule has 0 unspecified atom stereocenters. The van der Waals surface area contributed by atoms with Gasteiger partial charge in [-0.3, -0.25) is 0 Å². The van der Waals surface area contributed by atoms with Crippen LogP contribution in [0.3, 0.4) is 0 Å². The first-order valence-electron chi connectivity index (χ1n) is 5.50. The average molecular weight is 304 g/mol. The van der Waals surface area contributed by atoms with Crippen molar-refractivity contribution in [3.05, 3.63) is 28.7 Å². The molecule has 1 aromatic carbocycles. The average Bonchev–Trinajstić information content (AvgIpc) is 2.30. The van der Waals surface area contributed by atoms with Gasteiger partial charge < -0.3 is 10.1 Å². The van der Waals surface area contributed by atoms with Crippen LogP contribution in [0.25, 0.3) is 0 Å². The molecular weight excluding hydrogens is 286 g/mol. The lowest BCUT2D eigenvalue weighted by atomic mass is 10.4. The molecule has 0 radical (unpaired) electrons. The number of thioether (sulfide) groups is 1. The second-order valence-corrected chi connectivity index (χ2v) is 5.22. The van der Waals surface area contributed by atoms with Crippen LogP contribution >= 0.6 is 27.7 Å². The van der Waals surface area contributed by atoms with Crippen molar-refractivity contribution < 1.29 is 4.74 Å². The molecule has 0 heterocycles. The van der Waals surface area contributed by atoms with Gasteiger partial charge in [0.25, 0.3) is 0 Å². The molecule has 2 nitrogen and oxygen atoms in total. The maximum Gasteiger partial charge on any atom is 0.0590 e. The number of ether oxygens (including phenoxy) is 1. The highest BCUT2D eigenvalue weighted by molar-refractivity contribution is 9.10. The Hall–Kier alpha value is -0.0300. The highest BCUT2D eigenvalue weighted by Gasteiger charge is 1.98. The Bertz CT molecular complexity index is 296. The van der Waals surface area contributed by atoms with E-state index in [9.17, 15) is 0 Å². The van der Waals surface area contributed by atoms with Crippen LogP contribution in [-0.4, -0.2) is 32.1 Å². The van der Waals surface area contributed by atoms with Gasteiger partial charge in [-0.1, -0.05) is 12.1 Å². The Morgan fingerprint density at radius 1 is 1.31 bits per heavy atom. The van der Waals surface area contributed by atoms with E-state index in [1.165, 1.54) is 9.37 Å². The normalized spacial score (nSPS) is 10.6. The van der Waals surface area contributed by atoms with Crippen molar-refractivity contribution in [2.24, 2.45) is 0 Å². The summed E-state index contributed by atoms with van der Waals surface area (Å²) in [7, 11) is 0. The molecule has 0 saturated carbocycles. The largest absolute Gasteiger partial charge is 0.380 e.